The van der Waals surface area contributed by atoms with Gasteiger partial charge in [0.05, 0.1) is 0 Å². The van der Waals surface area contributed by atoms with Crippen molar-refractivity contribution in [3.05, 3.63) is 24.3 Å². The molecule has 1 rings (SSSR count). The van der Waals surface area contributed by atoms with E-state index in [2.05, 4.69) is 37.0 Å². The molecule has 134 valence electrons. The molecule has 0 aromatic rings. The molecular weight excluding hydrogens is 300 g/mol. The van der Waals surface area contributed by atoms with E-state index in [-0.39, 0.29) is 6.42 Å². The maximum atomic E-state index is 10.4. The van der Waals surface area contributed by atoms with Crippen LogP contribution in [-0.4, -0.2) is 22.3 Å². The zero-order valence-electron chi connectivity index (χ0n) is 14.9. The van der Waals surface area contributed by atoms with Crippen LogP contribution in [-0.2, 0) is 4.79 Å². The SMILES string of the molecule is CCCCC[C@H](O)C#C/C=C\C[C@@H]1C[C@H]1C/C=C\CCCC(=O)O. The van der Waals surface area contributed by atoms with Gasteiger partial charge in [-0.3, -0.25) is 4.79 Å². The number of carboxylic acid groups (broad SMARTS) is 1. The molecule has 2 N–H and O–H groups in total. The molecule has 0 amide bonds. The van der Waals surface area contributed by atoms with Crippen molar-refractivity contribution in [1.29, 1.82) is 0 Å². The number of carboxylic acids is 1. The Morgan fingerprint density at radius 3 is 2.62 bits per heavy atom. The second-order valence-electron chi connectivity index (χ2n) is 6.69. The highest BCUT2D eigenvalue weighted by atomic mass is 16.4. The summed E-state index contributed by atoms with van der Waals surface area (Å²) in [6, 6.07) is 0. The molecule has 0 aromatic carbocycles. The van der Waals surface area contributed by atoms with E-state index in [0.29, 0.717) is 0 Å². The average molecular weight is 332 g/mol. The number of aliphatic carboxylic acids is 1. The minimum Gasteiger partial charge on any atom is -0.481 e. The monoisotopic (exact) mass is 332 g/mol. The lowest BCUT2D eigenvalue weighted by Crippen LogP contribution is -2.01. The molecule has 0 unspecified atom stereocenters. The van der Waals surface area contributed by atoms with E-state index >= 15 is 0 Å². The third-order valence-electron chi connectivity index (χ3n) is 4.41. The lowest BCUT2D eigenvalue weighted by molar-refractivity contribution is -0.137. The first-order chi connectivity index (χ1) is 11.6. The fraction of sp³-hybridized carbons (Fsp3) is 0.667. The Labute approximate surface area is 146 Å². The van der Waals surface area contributed by atoms with Crippen molar-refractivity contribution in [2.75, 3.05) is 0 Å². The number of unbranched alkanes of at least 4 members (excludes halogenated alkanes) is 3. The molecule has 3 nitrogen and oxygen atoms in total. The number of aliphatic hydroxyl groups excluding tert-OH is 1. The molecule has 0 heterocycles. The van der Waals surface area contributed by atoms with Crippen molar-refractivity contribution >= 4 is 5.97 Å². The second kappa shape index (κ2) is 12.8. The molecule has 0 spiro atoms. The van der Waals surface area contributed by atoms with Crippen molar-refractivity contribution in [3.8, 4) is 11.8 Å². The number of rotatable bonds is 12. The van der Waals surface area contributed by atoms with Gasteiger partial charge in [-0.15, -0.1) is 0 Å². The minimum atomic E-state index is -0.714. The van der Waals surface area contributed by atoms with Crippen LogP contribution in [0.5, 0.6) is 0 Å². The normalized spacial score (nSPS) is 20.9. The highest BCUT2D eigenvalue weighted by Gasteiger charge is 2.34. The summed E-state index contributed by atoms with van der Waals surface area (Å²) in [4.78, 5) is 10.4. The Morgan fingerprint density at radius 2 is 1.92 bits per heavy atom. The number of hydrogen-bond donors (Lipinski definition) is 2. The van der Waals surface area contributed by atoms with Gasteiger partial charge in [-0.1, -0.05) is 49.8 Å². The zero-order valence-corrected chi connectivity index (χ0v) is 14.9. The molecule has 0 radical (unpaired) electrons. The molecule has 0 aromatic heterocycles. The highest BCUT2D eigenvalue weighted by Crippen LogP contribution is 2.44. The molecule has 1 aliphatic carbocycles. The number of hydrogen-bond acceptors (Lipinski definition) is 2. The van der Waals surface area contributed by atoms with Gasteiger partial charge in [-0.05, 0) is 62.9 Å². The summed E-state index contributed by atoms with van der Waals surface area (Å²) in [6.07, 6.45) is 17.3. The van der Waals surface area contributed by atoms with E-state index in [9.17, 15) is 9.90 Å². The summed E-state index contributed by atoms with van der Waals surface area (Å²) in [7, 11) is 0. The Morgan fingerprint density at radius 1 is 1.17 bits per heavy atom. The number of aliphatic hydroxyl groups is 1. The maximum Gasteiger partial charge on any atom is 0.303 e. The van der Waals surface area contributed by atoms with Crippen molar-refractivity contribution in [2.45, 2.75) is 77.2 Å². The Bertz CT molecular complexity index is 467. The van der Waals surface area contributed by atoms with Crippen LogP contribution in [0.15, 0.2) is 24.3 Å². The summed E-state index contributed by atoms with van der Waals surface area (Å²) >= 11 is 0. The van der Waals surface area contributed by atoms with E-state index in [4.69, 9.17) is 5.11 Å². The van der Waals surface area contributed by atoms with Crippen LogP contribution in [0.25, 0.3) is 0 Å². The van der Waals surface area contributed by atoms with Crippen molar-refractivity contribution < 1.29 is 15.0 Å². The van der Waals surface area contributed by atoms with Gasteiger partial charge in [0.1, 0.15) is 6.10 Å². The molecular formula is C21H32O3. The molecule has 1 saturated carbocycles. The van der Waals surface area contributed by atoms with Gasteiger partial charge in [-0.2, -0.15) is 0 Å². The summed E-state index contributed by atoms with van der Waals surface area (Å²) < 4.78 is 0. The molecule has 3 heteroatoms. The third kappa shape index (κ3) is 11.1. The summed E-state index contributed by atoms with van der Waals surface area (Å²) in [5, 5.41) is 18.2. The van der Waals surface area contributed by atoms with E-state index in [1.165, 1.54) is 12.8 Å². The Balaban J connectivity index is 2.03. The van der Waals surface area contributed by atoms with Gasteiger partial charge in [0, 0.05) is 6.42 Å². The fourth-order valence-electron chi connectivity index (χ4n) is 2.75. The molecule has 0 bridgehead atoms. The predicted octanol–water partition coefficient (Wildman–Crippen LogP) is 4.71. The molecule has 0 saturated heterocycles. The van der Waals surface area contributed by atoms with Gasteiger partial charge in [0.2, 0.25) is 0 Å². The summed E-state index contributed by atoms with van der Waals surface area (Å²) in [6.45, 7) is 2.15. The van der Waals surface area contributed by atoms with Gasteiger partial charge in [0.15, 0.2) is 0 Å². The Kier molecular flexibility index (Phi) is 11.0. The fourth-order valence-corrected chi connectivity index (χ4v) is 2.75. The molecule has 3 atom stereocenters. The van der Waals surface area contributed by atoms with Crippen LogP contribution >= 0.6 is 0 Å². The number of allylic oxidation sites excluding steroid dienone is 4. The van der Waals surface area contributed by atoms with Crippen molar-refractivity contribution in [1.82, 2.24) is 0 Å². The molecule has 1 fully saturated rings. The smallest absolute Gasteiger partial charge is 0.303 e. The van der Waals surface area contributed by atoms with E-state index < -0.39 is 12.1 Å². The van der Waals surface area contributed by atoms with Crippen molar-refractivity contribution in [2.24, 2.45) is 11.8 Å². The van der Waals surface area contributed by atoms with E-state index in [1.807, 2.05) is 6.08 Å². The van der Waals surface area contributed by atoms with Crippen LogP contribution in [0.2, 0.25) is 0 Å². The van der Waals surface area contributed by atoms with Crippen LogP contribution < -0.4 is 0 Å². The molecule has 1 aliphatic rings. The van der Waals surface area contributed by atoms with Crippen LogP contribution in [0.4, 0.5) is 0 Å². The summed E-state index contributed by atoms with van der Waals surface area (Å²) in [5.41, 5.74) is 0. The maximum absolute atomic E-state index is 10.4. The lowest BCUT2D eigenvalue weighted by atomic mass is 10.1. The second-order valence-corrected chi connectivity index (χ2v) is 6.69. The van der Waals surface area contributed by atoms with Gasteiger partial charge < -0.3 is 10.2 Å². The number of carbonyl (C=O) groups is 1. The lowest BCUT2D eigenvalue weighted by Gasteiger charge is -2.00. The van der Waals surface area contributed by atoms with Gasteiger partial charge >= 0.3 is 5.97 Å². The Hall–Kier alpha value is -1.53. The zero-order chi connectivity index (χ0) is 17.6. The average Bonchev–Trinajstić information content (AvgIpc) is 3.29. The minimum absolute atomic E-state index is 0.259. The molecule has 24 heavy (non-hydrogen) atoms. The predicted molar refractivity (Wildman–Crippen MR) is 98.5 cm³/mol. The van der Waals surface area contributed by atoms with Crippen LogP contribution in [0, 0.1) is 23.7 Å². The standard InChI is InChI=1S/C21H32O3/c1-2-3-7-14-20(22)15-10-6-9-13-19-17-18(19)12-8-4-5-11-16-21(23)24/h4,6,8-9,18-20,22H,2-3,5,7,11-14,16-17H2,1H3,(H,23,24)/b8-4-,9-6-/t18-,19-,20+/m1/s1. The van der Waals surface area contributed by atoms with Crippen LogP contribution in [0.3, 0.4) is 0 Å². The summed E-state index contributed by atoms with van der Waals surface area (Å²) in [5.74, 6) is 6.64. The first-order valence-electron chi connectivity index (χ1n) is 9.34. The molecule has 0 aliphatic heterocycles. The van der Waals surface area contributed by atoms with E-state index in [1.54, 1.807) is 0 Å². The van der Waals surface area contributed by atoms with Crippen molar-refractivity contribution in [3.63, 3.8) is 0 Å². The first kappa shape index (κ1) is 20.5. The largest absolute Gasteiger partial charge is 0.481 e. The quantitative estimate of drug-likeness (QED) is 0.309. The van der Waals surface area contributed by atoms with Gasteiger partial charge in [0.25, 0.3) is 0 Å². The highest BCUT2D eigenvalue weighted by molar-refractivity contribution is 5.66. The first-order valence-corrected chi connectivity index (χ1v) is 9.34. The third-order valence-corrected chi connectivity index (χ3v) is 4.41. The topological polar surface area (TPSA) is 57.5 Å². The van der Waals surface area contributed by atoms with Gasteiger partial charge in [-0.25, -0.2) is 0 Å². The van der Waals surface area contributed by atoms with Crippen LogP contribution in [0.1, 0.15) is 71.1 Å². The van der Waals surface area contributed by atoms with E-state index in [0.717, 1.165) is 56.8 Å².